The minimum atomic E-state index is -5.30. The van der Waals surface area contributed by atoms with Crippen LogP contribution >= 0.6 is 11.8 Å². The lowest BCUT2D eigenvalue weighted by atomic mass is 9.99. The number of alkyl halides is 6. The molecule has 2 aromatic rings. The van der Waals surface area contributed by atoms with Gasteiger partial charge in [0.15, 0.2) is 0 Å². The Kier molecular flexibility index (Phi) is 7.87. The van der Waals surface area contributed by atoms with Crippen LogP contribution in [0.5, 0.6) is 0 Å². The predicted octanol–water partition coefficient (Wildman–Crippen LogP) is 5.81. The monoisotopic (exact) mass is 504 g/mol. The van der Waals surface area contributed by atoms with Gasteiger partial charge in [-0.15, -0.1) is 0 Å². The number of anilines is 1. The van der Waals surface area contributed by atoms with Gasteiger partial charge >= 0.3 is 12.4 Å². The Morgan fingerprint density at radius 3 is 2.24 bits per heavy atom. The van der Waals surface area contributed by atoms with E-state index in [4.69, 9.17) is 4.74 Å². The van der Waals surface area contributed by atoms with Crippen LogP contribution in [0.1, 0.15) is 16.7 Å². The van der Waals surface area contributed by atoms with Crippen molar-refractivity contribution < 1.29 is 35.9 Å². The topological polar surface area (TPSA) is 32.8 Å². The fourth-order valence-electron chi connectivity index (χ4n) is 3.41. The van der Waals surface area contributed by atoms with Crippen LogP contribution in [0.25, 0.3) is 6.08 Å². The predicted molar refractivity (Wildman–Crippen MR) is 118 cm³/mol. The number of amides is 1. The molecule has 34 heavy (non-hydrogen) atoms. The van der Waals surface area contributed by atoms with Crippen molar-refractivity contribution >= 4 is 29.4 Å². The van der Waals surface area contributed by atoms with E-state index in [0.29, 0.717) is 22.3 Å². The van der Waals surface area contributed by atoms with E-state index in [1.807, 2.05) is 0 Å². The molecular formula is C23H22F6N2O2S. The van der Waals surface area contributed by atoms with Gasteiger partial charge in [-0.1, -0.05) is 23.9 Å². The summed E-state index contributed by atoms with van der Waals surface area (Å²) >= 11 is 0.599. The molecule has 1 saturated heterocycles. The Balaban J connectivity index is 2.06. The average Bonchev–Trinajstić information content (AvgIpc) is 2.77. The van der Waals surface area contributed by atoms with Gasteiger partial charge in [0, 0.05) is 48.7 Å². The molecule has 0 bridgehead atoms. The second-order valence-electron chi connectivity index (χ2n) is 7.66. The summed E-state index contributed by atoms with van der Waals surface area (Å²) in [6, 6.07) is 8.43. The van der Waals surface area contributed by atoms with Crippen LogP contribution in [0.2, 0.25) is 0 Å². The van der Waals surface area contributed by atoms with Crippen LogP contribution in [-0.4, -0.2) is 51.2 Å². The molecule has 0 radical (unpaired) electrons. The third-order valence-electron chi connectivity index (χ3n) is 5.06. The Bertz CT molecular complexity index is 1060. The lowest BCUT2D eigenvalue weighted by Gasteiger charge is -2.25. The molecular weight excluding hydrogens is 482 g/mol. The zero-order valence-corrected chi connectivity index (χ0v) is 19.2. The fraction of sp³-hybridized carbons (Fsp3) is 0.348. The largest absolute Gasteiger partial charge is 0.418 e. The number of carbonyl (C=O) groups is 1. The Morgan fingerprint density at radius 2 is 1.65 bits per heavy atom. The van der Waals surface area contributed by atoms with Gasteiger partial charge in [0.25, 0.3) is 0 Å². The summed E-state index contributed by atoms with van der Waals surface area (Å²) in [6.45, 7) is 1.08. The number of ether oxygens (including phenoxy) is 1. The zero-order valence-electron chi connectivity index (χ0n) is 18.3. The van der Waals surface area contributed by atoms with Crippen molar-refractivity contribution in [3.63, 3.8) is 0 Å². The second-order valence-corrected chi connectivity index (χ2v) is 8.78. The molecule has 0 N–H and O–H groups in total. The first-order valence-electron chi connectivity index (χ1n) is 10.2. The minimum Gasteiger partial charge on any atom is -0.378 e. The van der Waals surface area contributed by atoms with E-state index in [1.54, 1.807) is 37.2 Å². The molecule has 3 rings (SSSR count). The molecule has 184 valence electrons. The van der Waals surface area contributed by atoms with Gasteiger partial charge in [0.2, 0.25) is 5.91 Å². The average molecular weight is 504 g/mol. The van der Waals surface area contributed by atoms with Gasteiger partial charge in [-0.05, 0) is 35.9 Å². The molecule has 1 fully saturated rings. The first-order valence-corrected chi connectivity index (χ1v) is 11.0. The number of benzene rings is 2. The summed E-state index contributed by atoms with van der Waals surface area (Å²) in [5.41, 5.74) is -3.63. The van der Waals surface area contributed by atoms with Crippen molar-refractivity contribution in [3.05, 3.63) is 59.2 Å². The van der Waals surface area contributed by atoms with Gasteiger partial charge in [0.1, 0.15) is 0 Å². The van der Waals surface area contributed by atoms with Crippen LogP contribution in [0.3, 0.4) is 0 Å². The van der Waals surface area contributed by atoms with Gasteiger partial charge in [-0.2, -0.15) is 26.3 Å². The second kappa shape index (κ2) is 10.3. The highest BCUT2D eigenvalue weighted by Gasteiger charge is 2.46. The fourth-order valence-corrected chi connectivity index (χ4v) is 4.45. The Hall–Kier alpha value is -2.66. The van der Waals surface area contributed by atoms with E-state index in [9.17, 15) is 31.1 Å². The molecule has 1 heterocycles. The normalized spacial score (nSPS) is 15.1. The number of hydrogen-bond acceptors (Lipinski definition) is 4. The van der Waals surface area contributed by atoms with E-state index < -0.39 is 39.8 Å². The number of carbonyl (C=O) groups excluding carboxylic acids is 1. The lowest BCUT2D eigenvalue weighted by molar-refractivity contribution is -0.163. The molecule has 1 aliphatic heterocycles. The van der Waals surface area contributed by atoms with Crippen molar-refractivity contribution in [2.75, 3.05) is 45.3 Å². The summed E-state index contributed by atoms with van der Waals surface area (Å²) in [7, 11) is 3.48. The molecule has 0 aromatic heterocycles. The van der Waals surface area contributed by atoms with Crippen LogP contribution in [-0.2, 0) is 21.9 Å². The van der Waals surface area contributed by atoms with E-state index >= 15 is 0 Å². The van der Waals surface area contributed by atoms with Crippen LogP contribution < -0.4 is 4.90 Å². The zero-order chi connectivity index (χ0) is 25.1. The van der Waals surface area contributed by atoms with Gasteiger partial charge in [-0.3, -0.25) is 4.79 Å². The molecule has 0 atom stereocenters. The first kappa shape index (κ1) is 26.0. The van der Waals surface area contributed by atoms with Crippen molar-refractivity contribution in [2.24, 2.45) is 0 Å². The first-order chi connectivity index (χ1) is 15.9. The highest BCUT2D eigenvalue weighted by Crippen LogP contribution is 2.48. The third kappa shape index (κ3) is 6.26. The van der Waals surface area contributed by atoms with Crippen LogP contribution in [0, 0.1) is 0 Å². The van der Waals surface area contributed by atoms with Crippen molar-refractivity contribution in [2.45, 2.75) is 22.1 Å². The van der Waals surface area contributed by atoms with Gasteiger partial charge in [-0.25, -0.2) is 0 Å². The van der Waals surface area contributed by atoms with E-state index in [1.165, 1.54) is 11.0 Å². The molecule has 0 unspecified atom stereocenters. The molecule has 0 aliphatic carbocycles. The molecule has 2 aromatic carbocycles. The Morgan fingerprint density at radius 1 is 1.00 bits per heavy atom. The molecule has 4 nitrogen and oxygen atoms in total. The summed E-state index contributed by atoms with van der Waals surface area (Å²) in [6.07, 6.45) is -8.92. The van der Waals surface area contributed by atoms with Crippen LogP contribution in [0.4, 0.5) is 32.0 Å². The highest BCUT2D eigenvalue weighted by atomic mass is 32.2. The summed E-state index contributed by atoms with van der Waals surface area (Å²) in [4.78, 5) is 15.2. The third-order valence-corrected chi connectivity index (χ3v) is 6.11. The quantitative estimate of drug-likeness (QED) is 0.380. The summed E-state index contributed by atoms with van der Waals surface area (Å²) in [5.74, 6) is -0.594. The number of halogens is 6. The van der Waals surface area contributed by atoms with Crippen molar-refractivity contribution in [3.8, 4) is 0 Å². The maximum Gasteiger partial charge on any atom is 0.418 e. The lowest BCUT2D eigenvalue weighted by Crippen LogP contribution is -2.39. The van der Waals surface area contributed by atoms with Gasteiger partial charge < -0.3 is 14.5 Å². The number of rotatable bonds is 5. The molecule has 11 heteroatoms. The Labute approximate surface area is 197 Å². The number of nitrogens with zero attached hydrogens (tertiary/aromatic N) is 2. The highest BCUT2D eigenvalue weighted by molar-refractivity contribution is 7.99. The smallest absolute Gasteiger partial charge is 0.378 e. The maximum atomic E-state index is 14.0. The van der Waals surface area contributed by atoms with E-state index in [-0.39, 0.29) is 26.3 Å². The number of morpholine rings is 1. The van der Waals surface area contributed by atoms with Crippen molar-refractivity contribution in [1.29, 1.82) is 0 Å². The minimum absolute atomic E-state index is 0.255. The molecule has 1 amide bonds. The van der Waals surface area contributed by atoms with Crippen LogP contribution in [0.15, 0.2) is 52.3 Å². The summed E-state index contributed by atoms with van der Waals surface area (Å²) < 4.78 is 88.9. The van der Waals surface area contributed by atoms with E-state index in [2.05, 4.69) is 0 Å². The van der Waals surface area contributed by atoms with E-state index in [0.717, 1.165) is 24.3 Å². The maximum absolute atomic E-state index is 14.0. The number of hydrogen-bond donors (Lipinski definition) is 0. The molecule has 1 aliphatic rings. The molecule has 0 spiro atoms. The summed E-state index contributed by atoms with van der Waals surface area (Å²) in [5, 5.41) is 0. The van der Waals surface area contributed by atoms with Crippen molar-refractivity contribution in [1.82, 2.24) is 4.90 Å². The molecule has 0 saturated carbocycles. The van der Waals surface area contributed by atoms with Gasteiger partial charge in [0.05, 0.1) is 24.3 Å². The standard InChI is InChI=1S/C23H22F6N2O2S/c1-30(2)16-4-3-5-17(14-16)34-18-8-6-15(7-9-19(32)31-10-12-33-13-11-31)20(22(24,25)26)21(18)23(27,28)29/h3-9,14H,10-13H2,1-2H3/b9-7+. The SMILES string of the molecule is CN(C)c1cccc(Sc2ccc(/C=C/C(=O)N3CCOCC3)c(C(F)(F)F)c2C(F)(F)F)c1.